The molecular weight excluding hydrogens is 326 g/mol. The first-order chi connectivity index (χ1) is 11.9. The summed E-state index contributed by atoms with van der Waals surface area (Å²) in [5.41, 5.74) is -1.82. The van der Waals surface area contributed by atoms with Crippen LogP contribution in [0, 0.1) is 10.1 Å². The highest BCUT2D eigenvalue weighted by Crippen LogP contribution is 2.45. The lowest BCUT2D eigenvalue weighted by Crippen LogP contribution is -2.22. The van der Waals surface area contributed by atoms with Crippen molar-refractivity contribution in [2.24, 2.45) is 0 Å². The number of phenolic OH excluding ortho intramolecular Hbond substituents is 2. The minimum absolute atomic E-state index is 0.170. The molecule has 1 aliphatic carbocycles. The quantitative estimate of drug-likeness (QED) is 0.314. The van der Waals surface area contributed by atoms with Crippen LogP contribution in [-0.2, 0) is 0 Å². The highest BCUT2D eigenvalue weighted by atomic mass is 16.6. The first-order valence-corrected chi connectivity index (χ1v) is 7.27. The molecule has 0 heterocycles. The first-order valence-electron chi connectivity index (χ1n) is 7.27. The molecule has 7 heteroatoms. The maximum Gasteiger partial charge on any atom is 0.281 e. The number of fused-ring (bicyclic) bond motifs is 3. The van der Waals surface area contributed by atoms with Crippen molar-refractivity contribution in [3.8, 4) is 11.5 Å². The van der Waals surface area contributed by atoms with Gasteiger partial charge in [0.25, 0.3) is 5.69 Å². The van der Waals surface area contributed by atoms with Crippen LogP contribution in [0.2, 0.25) is 0 Å². The van der Waals surface area contributed by atoms with E-state index >= 15 is 0 Å². The van der Waals surface area contributed by atoms with Crippen molar-refractivity contribution in [1.82, 2.24) is 0 Å². The van der Waals surface area contributed by atoms with Crippen LogP contribution in [0.5, 0.6) is 11.5 Å². The van der Waals surface area contributed by atoms with E-state index in [1.807, 2.05) is 0 Å². The second-order valence-electron chi connectivity index (χ2n) is 5.61. The lowest BCUT2D eigenvalue weighted by atomic mass is 9.80. The second-order valence-corrected chi connectivity index (χ2v) is 5.61. The molecule has 0 amide bonds. The topological polar surface area (TPSA) is 118 Å². The van der Waals surface area contributed by atoms with Crippen molar-refractivity contribution < 1.29 is 24.7 Å². The standard InChI is InChI=1S/C18H9NO6/c20-15-8-4-1-2-5-9(8)16(21)14-13(15)17(22)10-6-3-7-11(19(24)25)12(10)18(14)23/h1-7,20-21H. The zero-order valence-electron chi connectivity index (χ0n) is 12.5. The Balaban J connectivity index is 2.17. The summed E-state index contributed by atoms with van der Waals surface area (Å²) >= 11 is 0. The Kier molecular flexibility index (Phi) is 2.89. The van der Waals surface area contributed by atoms with Crippen LogP contribution in [0.25, 0.3) is 10.8 Å². The molecule has 25 heavy (non-hydrogen) atoms. The molecule has 0 atom stereocenters. The van der Waals surface area contributed by atoms with E-state index in [4.69, 9.17) is 0 Å². The van der Waals surface area contributed by atoms with Gasteiger partial charge in [0, 0.05) is 22.4 Å². The lowest BCUT2D eigenvalue weighted by Gasteiger charge is -2.20. The Hall–Kier alpha value is -3.74. The van der Waals surface area contributed by atoms with Crippen molar-refractivity contribution in [3.05, 3.63) is 74.8 Å². The Morgan fingerprint density at radius 3 is 1.88 bits per heavy atom. The van der Waals surface area contributed by atoms with Crippen LogP contribution >= 0.6 is 0 Å². The van der Waals surface area contributed by atoms with Crippen LogP contribution in [0.4, 0.5) is 5.69 Å². The van der Waals surface area contributed by atoms with Crippen LogP contribution in [-0.4, -0.2) is 26.7 Å². The molecule has 7 nitrogen and oxygen atoms in total. The van der Waals surface area contributed by atoms with Gasteiger partial charge in [-0.2, -0.15) is 0 Å². The van der Waals surface area contributed by atoms with Crippen molar-refractivity contribution in [1.29, 1.82) is 0 Å². The van der Waals surface area contributed by atoms with Gasteiger partial charge in [0.2, 0.25) is 5.78 Å². The number of phenols is 2. The smallest absolute Gasteiger partial charge is 0.281 e. The number of carbonyl (C=O) groups is 2. The van der Waals surface area contributed by atoms with E-state index in [0.29, 0.717) is 0 Å². The fourth-order valence-corrected chi connectivity index (χ4v) is 3.22. The number of ketones is 2. The summed E-state index contributed by atoms with van der Waals surface area (Å²) in [6.07, 6.45) is 0. The largest absolute Gasteiger partial charge is 0.506 e. The summed E-state index contributed by atoms with van der Waals surface area (Å²) in [5, 5.41) is 32.6. The Morgan fingerprint density at radius 2 is 1.32 bits per heavy atom. The highest BCUT2D eigenvalue weighted by molar-refractivity contribution is 6.33. The molecule has 4 rings (SSSR count). The predicted molar refractivity (Wildman–Crippen MR) is 87.2 cm³/mol. The van der Waals surface area contributed by atoms with E-state index in [2.05, 4.69) is 0 Å². The number of nitrogens with zero attached hydrogens (tertiary/aromatic N) is 1. The van der Waals surface area contributed by atoms with Gasteiger partial charge in [-0.15, -0.1) is 0 Å². The average Bonchev–Trinajstić information content (AvgIpc) is 2.62. The number of rotatable bonds is 1. The number of benzene rings is 3. The van der Waals surface area contributed by atoms with E-state index in [1.165, 1.54) is 24.3 Å². The van der Waals surface area contributed by atoms with Gasteiger partial charge in [0.05, 0.1) is 16.1 Å². The Labute approximate surface area is 139 Å². The minimum atomic E-state index is -0.865. The van der Waals surface area contributed by atoms with Crippen molar-refractivity contribution in [3.63, 3.8) is 0 Å². The predicted octanol–water partition coefficient (Wildman–Crippen LogP) is 2.93. The van der Waals surface area contributed by atoms with Crippen LogP contribution in [0.15, 0.2) is 42.5 Å². The summed E-state index contributed by atoms with van der Waals surface area (Å²) in [6.45, 7) is 0. The van der Waals surface area contributed by atoms with Crippen molar-refractivity contribution in [2.45, 2.75) is 0 Å². The fraction of sp³-hybridized carbons (Fsp3) is 0. The summed E-state index contributed by atoms with van der Waals surface area (Å²) in [7, 11) is 0. The number of aromatic hydroxyl groups is 2. The maximum atomic E-state index is 12.9. The summed E-state index contributed by atoms with van der Waals surface area (Å²) < 4.78 is 0. The van der Waals surface area contributed by atoms with Gasteiger partial charge < -0.3 is 10.2 Å². The summed E-state index contributed by atoms with van der Waals surface area (Å²) in [5.74, 6) is -2.52. The van der Waals surface area contributed by atoms with Crippen LogP contribution < -0.4 is 0 Å². The third kappa shape index (κ3) is 1.80. The zero-order valence-corrected chi connectivity index (χ0v) is 12.5. The molecule has 0 radical (unpaired) electrons. The molecule has 0 fully saturated rings. The van der Waals surface area contributed by atoms with Crippen molar-refractivity contribution in [2.75, 3.05) is 0 Å². The molecule has 0 unspecified atom stereocenters. The second kappa shape index (κ2) is 4.88. The van der Waals surface area contributed by atoms with Gasteiger partial charge >= 0.3 is 0 Å². The lowest BCUT2D eigenvalue weighted by molar-refractivity contribution is -0.385. The fourth-order valence-electron chi connectivity index (χ4n) is 3.22. The normalized spacial score (nSPS) is 12.8. The molecule has 0 saturated carbocycles. The molecule has 2 N–H and O–H groups in total. The van der Waals surface area contributed by atoms with E-state index < -0.39 is 39.2 Å². The average molecular weight is 335 g/mol. The van der Waals surface area contributed by atoms with Crippen molar-refractivity contribution >= 4 is 28.0 Å². The molecule has 0 saturated heterocycles. The van der Waals surface area contributed by atoms with E-state index in [9.17, 15) is 29.9 Å². The number of carbonyl (C=O) groups excluding carboxylic acids is 2. The Morgan fingerprint density at radius 1 is 0.760 bits per heavy atom. The number of nitro benzene ring substituents is 1. The maximum absolute atomic E-state index is 12.9. The minimum Gasteiger partial charge on any atom is -0.506 e. The van der Waals surface area contributed by atoms with Gasteiger partial charge in [-0.3, -0.25) is 19.7 Å². The summed E-state index contributed by atoms with van der Waals surface area (Å²) in [4.78, 5) is 36.1. The molecule has 0 aliphatic heterocycles. The first kappa shape index (κ1) is 14.8. The van der Waals surface area contributed by atoms with Crippen LogP contribution in [0.1, 0.15) is 31.8 Å². The van der Waals surface area contributed by atoms with Gasteiger partial charge in [0.15, 0.2) is 5.78 Å². The van der Waals surface area contributed by atoms with Gasteiger partial charge in [-0.1, -0.05) is 30.3 Å². The van der Waals surface area contributed by atoms with Gasteiger partial charge in [-0.25, -0.2) is 0 Å². The van der Waals surface area contributed by atoms with Gasteiger partial charge in [0.1, 0.15) is 17.1 Å². The molecule has 3 aromatic carbocycles. The molecule has 1 aliphatic rings. The molecule has 0 aromatic heterocycles. The molecular formula is C18H9NO6. The van der Waals surface area contributed by atoms with E-state index in [1.54, 1.807) is 12.1 Å². The highest BCUT2D eigenvalue weighted by Gasteiger charge is 2.40. The van der Waals surface area contributed by atoms with Crippen LogP contribution in [0.3, 0.4) is 0 Å². The third-order valence-electron chi connectivity index (χ3n) is 4.33. The van der Waals surface area contributed by atoms with Gasteiger partial charge in [-0.05, 0) is 6.07 Å². The number of hydrogen-bond donors (Lipinski definition) is 2. The van der Waals surface area contributed by atoms with E-state index in [-0.39, 0.29) is 27.5 Å². The van der Waals surface area contributed by atoms with E-state index in [0.717, 1.165) is 6.07 Å². The summed E-state index contributed by atoms with van der Waals surface area (Å²) in [6, 6.07) is 9.90. The zero-order chi connectivity index (χ0) is 17.9. The Bertz CT molecular complexity index is 1130. The molecule has 122 valence electrons. The number of hydrogen-bond acceptors (Lipinski definition) is 6. The monoisotopic (exact) mass is 335 g/mol. The third-order valence-corrected chi connectivity index (χ3v) is 4.33. The number of nitro groups is 1. The molecule has 0 spiro atoms. The molecule has 3 aromatic rings. The molecule has 0 bridgehead atoms. The SMILES string of the molecule is O=C1c2cccc([N+](=O)[O-])c2C(=O)c2c1c(O)c1ccccc1c2O.